The van der Waals surface area contributed by atoms with Gasteiger partial charge in [0.15, 0.2) is 0 Å². The third-order valence-electron chi connectivity index (χ3n) is 5.65. The highest BCUT2D eigenvalue weighted by atomic mass is 16.2. The van der Waals surface area contributed by atoms with Gasteiger partial charge in [0.05, 0.1) is 0 Å². The lowest BCUT2D eigenvalue weighted by molar-refractivity contribution is -0.117. The summed E-state index contributed by atoms with van der Waals surface area (Å²) in [5, 5.41) is 5.78. The molecule has 2 aliphatic carbocycles. The second-order valence-electron chi connectivity index (χ2n) is 7.12. The number of hydrogen-bond acceptors (Lipinski definition) is 2. The maximum absolute atomic E-state index is 12.3. The molecule has 5 heteroatoms. The number of nitrogens with zero attached hydrogens (tertiary/aromatic N) is 1. The predicted octanol–water partition coefficient (Wildman–Crippen LogP) is 2.98. The average Bonchev–Trinajstić information content (AvgIpc) is 3.25. The lowest BCUT2D eigenvalue weighted by Crippen LogP contribution is -2.27. The quantitative estimate of drug-likeness (QED) is 0.897. The van der Waals surface area contributed by atoms with Gasteiger partial charge >= 0.3 is 6.03 Å². The molecular formula is C18H23N3O2. The van der Waals surface area contributed by atoms with Crippen LogP contribution in [0.15, 0.2) is 24.3 Å². The van der Waals surface area contributed by atoms with Gasteiger partial charge in [0.1, 0.15) is 0 Å². The van der Waals surface area contributed by atoms with Crippen LogP contribution in [0.2, 0.25) is 0 Å². The Hall–Kier alpha value is -2.04. The highest BCUT2D eigenvalue weighted by Gasteiger charge is 2.40. The van der Waals surface area contributed by atoms with Crippen LogP contribution in [0.25, 0.3) is 0 Å². The van der Waals surface area contributed by atoms with Crippen LogP contribution in [-0.2, 0) is 4.79 Å². The molecule has 122 valence electrons. The summed E-state index contributed by atoms with van der Waals surface area (Å²) in [6, 6.07) is 7.47. The molecule has 2 saturated carbocycles. The van der Waals surface area contributed by atoms with Crippen molar-refractivity contribution in [3.8, 4) is 0 Å². The number of amides is 3. The van der Waals surface area contributed by atoms with E-state index in [1.807, 2.05) is 24.3 Å². The molecule has 3 atom stereocenters. The summed E-state index contributed by atoms with van der Waals surface area (Å²) < 4.78 is 0. The number of urea groups is 1. The highest BCUT2D eigenvalue weighted by molar-refractivity contribution is 5.95. The van der Waals surface area contributed by atoms with Gasteiger partial charge in [0.25, 0.3) is 0 Å². The van der Waals surface area contributed by atoms with Gasteiger partial charge < -0.3 is 10.6 Å². The smallest absolute Gasteiger partial charge is 0.321 e. The van der Waals surface area contributed by atoms with Crippen molar-refractivity contribution in [2.24, 2.45) is 17.8 Å². The zero-order valence-electron chi connectivity index (χ0n) is 13.3. The second kappa shape index (κ2) is 5.87. The molecule has 2 N–H and O–H groups in total. The van der Waals surface area contributed by atoms with Crippen molar-refractivity contribution < 1.29 is 9.59 Å². The summed E-state index contributed by atoms with van der Waals surface area (Å²) in [6.45, 7) is 1.37. The van der Waals surface area contributed by atoms with E-state index >= 15 is 0 Å². The van der Waals surface area contributed by atoms with Crippen LogP contribution in [0.3, 0.4) is 0 Å². The first-order valence-corrected chi connectivity index (χ1v) is 8.64. The van der Waals surface area contributed by atoms with Crippen LogP contribution < -0.4 is 15.5 Å². The fourth-order valence-corrected chi connectivity index (χ4v) is 4.52. The molecule has 0 spiro atoms. The largest absolute Gasteiger partial charge is 0.336 e. The molecule has 0 aromatic heterocycles. The van der Waals surface area contributed by atoms with Gasteiger partial charge in [-0.2, -0.15) is 0 Å². The molecule has 0 radical (unpaired) electrons. The third kappa shape index (κ3) is 2.92. The molecule has 1 aromatic rings. The van der Waals surface area contributed by atoms with Crippen molar-refractivity contribution >= 4 is 23.3 Å². The molecule has 23 heavy (non-hydrogen) atoms. The van der Waals surface area contributed by atoms with Crippen molar-refractivity contribution in [2.45, 2.75) is 32.1 Å². The molecule has 3 fully saturated rings. The second-order valence-corrected chi connectivity index (χ2v) is 7.12. The molecule has 5 nitrogen and oxygen atoms in total. The first kappa shape index (κ1) is 14.5. The van der Waals surface area contributed by atoms with E-state index in [9.17, 15) is 9.59 Å². The Kier molecular flexibility index (Phi) is 3.71. The Morgan fingerprint density at radius 3 is 2.65 bits per heavy atom. The van der Waals surface area contributed by atoms with Crippen LogP contribution in [0.5, 0.6) is 0 Å². The summed E-state index contributed by atoms with van der Waals surface area (Å²) in [6.07, 6.45) is 5.91. The lowest BCUT2D eigenvalue weighted by atomic mass is 9.86. The van der Waals surface area contributed by atoms with E-state index in [4.69, 9.17) is 0 Å². The minimum absolute atomic E-state index is 0.0573. The van der Waals surface area contributed by atoms with Gasteiger partial charge in [-0.3, -0.25) is 9.69 Å². The van der Waals surface area contributed by atoms with Crippen molar-refractivity contribution in [1.82, 2.24) is 5.32 Å². The Balaban J connectivity index is 1.33. The van der Waals surface area contributed by atoms with E-state index in [-0.39, 0.29) is 11.9 Å². The molecule has 1 saturated heterocycles. The number of fused-ring (bicyclic) bond motifs is 2. The first-order valence-electron chi connectivity index (χ1n) is 8.64. The zero-order chi connectivity index (χ0) is 15.8. The molecule has 1 heterocycles. The highest BCUT2D eigenvalue weighted by Crippen LogP contribution is 2.49. The van der Waals surface area contributed by atoms with E-state index in [1.165, 1.54) is 25.7 Å². The predicted molar refractivity (Wildman–Crippen MR) is 89.4 cm³/mol. The SMILES string of the molecule is O=C(CC1CC2CCC1C2)Nc1ccc(N2CCNC2=O)cc1. The van der Waals surface area contributed by atoms with E-state index in [0.717, 1.165) is 23.2 Å². The summed E-state index contributed by atoms with van der Waals surface area (Å²) in [5.41, 5.74) is 1.67. The minimum Gasteiger partial charge on any atom is -0.336 e. The fraction of sp³-hybridized carbons (Fsp3) is 0.556. The molecule has 4 rings (SSSR count). The van der Waals surface area contributed by atoms with Crippen LogP contribution in [0.4, 0.5) is 16.2 Å². The monoisotopic (exact) mass is 313 g/mol. The summed E-state index contributed by atoms with van der Waals surface area (Å²) in [7, 11) is 0. The van der Waals surface area contributed by atoms with Crippen LogP contribution in [0.1, 0.15) is 32.1 Å². The fourth-order valence-electron chi connectivity index (χ4n) is 4.52. The Morgan fingerprint density at radius 1 is 1.22 bits per heavy atom. The topological polar surface area (TPSA) is 61.4 Å². The number of benzene rings is 1. The van der Waals surface area contributed by atoms with Crippen molar-refractivity contribution in [3.63, 3.8) is 0 Å². The van der Waals surface area contributed by atoms with Gasteiger partial charge in [-0.05, 0) is 61.3 Å². The summed E-state index contributed by atoms with van der Waals surface area (Å²) in [5.74, 6) is 2.36. The summed E-state index contributed by atoms with van der Waals surface area (Å²) in [4.78, 5) is 25.6. The van der Waals surface area contributed by atoms with Gasteiger partial charge in [-0.25, -0.2) is 4.79 Å². The molecule has 3 unspecified atom stereocenters. The van der Waals surface area contributed by atoms with Crippen LogP contribution in [-0.4, -0.2) is 25.0 Å². The Morgan fingerprint density at radius 2 is 2.04 bits per heavy atom. The van der Waals surface area contributed by atoms with E-state index < -0.39 is 0 Å². The third-order valence-corrected chi connectivity index (χ3v) is 5.65. The normalized spacial score (nSPS) is 29.0. The molecule has 1 aromatic carbocycles. The standard InChI is InChI=1S/C18H23N3O2/c22-17(11-14-10-12-1-2-13(14)9-12)20-15-3-5-16(6-4-15)21-8-7-19-18(21)23/h3-6,12-14H,1-2,7-11H2,(H,19,23)(H,20,22). The number of carbonyl (C=O) groups is 2. The molecule has 3 amide bonds. The number of hydrogen-bond donors (Lipinski definition) is 2. The van der Waals surface area contributed by atoms with Crippen molar-refractivity contribution in [2.75, 3.05) is 23.3 Å². The first-order chi connectivity index (χ1) is 11.2. The van der Waals surface area contributed by atoms with Gasteiger partial charge in [0, 0.05) is 30.9 Å². The van der Waals surface area contributed by atoms with E-state index in [1.54, 1.807) is 4.90 Å². The molecule has 2 bridgehead atoms. The Bertz CT molecular complexity index is 613. The van der Waals surface area contributed by atoms with Crippen molar-refractivity contribution in [3.05, 3.63) is 24.3 Å². The van der Waals surface area contributed by atoms with Gasteiger partial charge in [-0.15, -0.1) is 0 Å². The van der Waals surface area contributed by atoms with Gasteiger partial charge in [-0.1, -0.05) is 6.42 Å². The lowest BCUT2D eigenvalue weighted by Gasteiger charge is -2.21. The number of anilines is 2. The number of rotatable bonds is 4. The molecular weight excluding hydrogens is 290 g/mol. The van der Waals surface area contributed by atoms with Crippen LogP contribution >= 0.6 is 0 Å². The number of carbonyl (C=O) groups excluding carboxylic acids is 2. The Labute approximate surface area is 136 Å². The maximum atomic E-state index is 12.3. The average molecular weight is 313 g/mol. The van der Waals surface area contributed by atoms with E-state index in [2.05, 4.69) is 10.6 Å². The van der Waals surface area contributed by atoms with E-state index in [0.29, 0.717) is 25.4 Å². The zero-order valence-corrected chi connectivity index (χ0v) is 13.3. The maximum Gasteiger partial charge on any atom is 0.321 e. The van der Waals surface area contributed by atoms with Crippen molar-refractivity contribution in [1.29, 1.82) is 0 Å². The van der Waals surface area contributed by atoms with Gasteiger partial charge in [0.2, 0.25) is 5.91 Å². The van der Waals surface area contributed by atoms with Crippen LogP contribution in [0, 0.1) is 17.8 Å². The minimum atomic E-state index is -0.0573. The molecule has 1 aliphatic heterocycles. The molecule has 3 aliphatic rings. The number of nitrogens with one attached hydrogen (secondary N) is 2. The summed E-state index contributed by atoms with van der Waals surface area (Å²) >= 11 is 0.